The van der Waals surface area contributed by atoms with Gasteiger partial charge in [-0.3, -0.25) is 14.6 Å². The van der Waals surface area contributed by atoms with Crippen LogP contribution in [0.25, 0.3) is 0 Å². The van der Waals surface area contributed by atoms with Crippen molar-refractivity contribution < 1.29 is 14.3 Å². The summed E-state index contributed by atoms with van der Waals surface area (Å²) >= 11 is 6.02. The van der Waals surface area contributed by atoms with Crippen molar-refractivity contribution in [2.24, 2.45) is 11.3 Å². The third-order valence-corrected chi connectivity index (χ3v) is 7.32. The van der Waals surface area contributed by atoms with E-state index in [1.54, 1.807) is 18.3 Å². The number of carbonyl (C=O) groups is 2. The number of ketones is 1. The molecule has 1 amide bonds. The van der Waals surface area contributed by atoms with Gasteiger partial charge in [0.2, 0.25) is 0 Å². The molecule has 0 unspecified atom stereocenters. The first-order valence-electron chi connectivity index (χ1n) is 11.0. The maximum atomic E-state index is 12.7. The smallest absolute Gasteiger partial charge is 0.270 e. The van der Waals surface area contributed by atoms with E-state index in [0.717, 1.165) is 37.2 Å². The van der Waals surface area contributed by atoms with Gasteiger partial charge in [-0.15, -0.1) is 0 Å². The molecule has 0 aliphatic heterocycles. The molecule has 1 aromatic carbocycles. The van der Waals surface area contributed by atoms with Crippen LogP contribution in [0, 0.1) is 18.3 Å². The van der Waals surface area contributed by atoms with Gasteiger partial charge in [0, 0.05) is 23.2 Å². The second-order valence-electron chi connectivity index (χ2n) is 9.88. The van der Waals surface area contributed by atoms with Crippen molar-refractivity contribution in [1.82, 2.24) is 10.3 Å². The van der Waals surface area contributed by atoms with Crippen LogP contribution in [0.4, 0.5) is 0 Å². The number of Topliss-reactive ketones (excluding diaryl/α,β-unsaturated/α-hetero) is 1. The van der Waals surface area contributed by atoms with Gasteiger partial charge >= 0.3 is 0 Å². The lowest BCUT2D eigenvalue weighted by molar-refractivity contribution is -0.162. The number of amides is 1. The van der Waals surface area contributed by atoms with Crippen molar-refractivity contribution in [3.05, 3.63) is 58.4 Å². The first-order valence-corrected chi connectivity index (χ1v) is 11.4. The van der Waals surface area contributed by atoms with Crippen LogP contribution in [0.5, 0.6) is 5.75 Å². The van der Waals surface area contributed by atoms with Crippen molar-refractivity contribution in [3.63, 3.8) is 0 Å². The van der Waals surface area contributed by atoms with E-state index in [1.165, 1.54) is 18.4 Å². The van der Waals surface area contributed by atoms with Gasteiger partial charge in [0.25, 0.3) is 5.91 Å². The molecule has 0 spiro atoms. The number of pyridine rings is 1. The molecule has 162 valence electrons. The van der Waals surface area contributed by atoms with Gasteiger partial charge in [-0.2, -0.15) is 0 Å². The van der Waals surface area contributed by atoms with Gasteiger partial charge in [-0.25, -0.2) is 0 Å². The Hall–Kier alpha value is -2.40. The largest absolute Gasteiger partial charge is 0.486 e. The van der Waals surface area contributed by atoms with Crippen LogP contribution < -0.4 is 10.1 Å². The van der Waals surface area contributed by atoms with Crippen LogP contribution in [-0.4, -0.2) is 28.8 Å². The molecule has 1 heterocycles. The summed E-state index contributed by atoms with van der Waals surface area (Å²) in [6, 6.07) is 9.33. The minimum absolute atomic E-state index is 0.0326. The summed E-state index contributed by atoms with van der Waals surface area (Å²) in [5.41, 5.74) is 2.50. The summed E-state index contributed by atoms with van der Waals surface area (Å²) in [6.45, 7) is 1.98. The third-order valence-electron chi connectivity index (χ3n) is 6.90. The van der Waals surface area contributed by atoms with Crippen molar-refractivity contribution in [2.75, 3.05) is 6.61 Å². The Morgan fingerprint density at radius 3 is 2.68 bits per heavy atom. The molecule has 31 heavy (non-hydrogen) atoms. The molecule has 2 aromatic rings. The lowest BCUT2D eigenvalue weighted by atomic mass is 9.38. The molecule has 2 bridgehead atoms. The van der Waals surface area contributed by atoms with E-state index in [1.807, 2.05) is 25.1 Å². The SMILES string of the molecule is Cc1cc(OCC(=O)CC23CC(NC(=O)c4cc(CC5CC5)ccn4)(C2)C3)ccc1Cl. The number of benzene rings is 1. The monoisotopic (exact) mass is 438 g/mol. The molecular weight excluding hydrogens is 412 g/mol. The average molecular weight is 439 g/mol. The van der Waals surface area contributed by atoms with Gasteiger partial charge in [0.05, 0.1) is 0 Å². The van der Waals surface area contributed by atoms with Crippen LogP contribution in [0.15, 0.2) is 36.5 Å². The molecule has 0 radical (unpaired) electrons. The number of nitrogens with one attached hydrogen (secondary N) is 1. The third kappa shape index (κ3) is 4.33. The zero-order chi connectivity index (χ0) is 21.6. The normalized spacial score (nSPS) is 25.9. The quantitative estimate of drug-likeness (QED) is 0.616. The predicted molar refractivity (Wildman–Crippen MR) is 118 cm³/mol. The zero-order valence-electron chi connectivity index (χ0n) is 17.7. The van der Waals surface area contributed by atoms with E-state index in [-0.39, 0.29) is 29.3 Å². The topological polar surface area (TPSA) is 68.3 Å². The molecule has 4 aliphatic rings. The predicted octanol–water partition coefficient (Wildman–Crippen LogP) is 4.69. The molecule has 4 saturated carbocycles. The molecule has 0 atom stereocenters. The van der Waals surface area contributed by atoms with E-state index in [2.05, 4.69) is 10.3 Å². The number of aromatic nitrogens is 1. The second kappa shape index (κ2) is 7.63. The fourth-order valence-corrected chi connectivity index (χ4v) is 5.46. The number of nitrogens with zero attached hydrogens (tertiary/aromatic N) is 1. The highest BCUT2D eigenvalue weighted by Crippen LogP contribution is 2.69. The molecule has 6 heteroatoms. The minimum atomic E-state index is -0.153. The van der Waals surface area contributed by atoms with E-state index in [9.17, 15) is 9.59 Å². The molecule has 4 fully saturated rings. The Kier molecular flexibility index (Phi) is 5.04. The molecule has 1 aromatic heterocycles. The molecule has 6 rings (SSSR count). The van der Waals surface area contributed by atoms with Gasteiger partial charge in [0.1, 0.15) is 18.1 Å². The maximum absolute atomic E-state index is 12.7. The number of halogens is 1. The Labute approximate surface area is 187 Å². The van der Waals surface area contributed by atoms with Gasteiger partial charge in [-0.1, -0.05) is 11.6 Å². The van der Waals surface area contributed by atoms with Crippen LogP contribution in [0.3, 0.4) is 0 Å². The molecule has 5 nitrogen and oxygen atoms in total. The summed E-state index contributed by atoms with van der Waals surface area (Å²) < 4.78 is 5.64. The zero-order valence-corrected chi connectivity index (χ0v) is 18.5. The standard InChI is InChI=1S/C25H27ClN2O3/c1-16-8-20(4-5-21(16)26)31-12-19(29)11-24-13-25(14-24,15-24)28-23(30)22-10-18(6-7-27-22)9-17-2-3-17/h4-8,10,17H,2-3,9,11-15H2,1H3,(H,28,30). The minimum Gasteiger partial charge on any atom is -0.486 e. The second-order valence-corrected chi connectivity index (χ2v) is 10.3. The Morgan fingerprint density at radius 1 is 1.19 bits per heavy atom. The number of aryl methyl sites for hydroxylation is 1. The summed E-state index contributed by atoms with van der Waals surface area (Å²) in [4.78, 5) is 29.4. The Morgan fingerprint density at radius 2 is 1.97 bits per heavy atom. The summed E-state index contributed by atoms with van der Waals surface area (Å²) in [7, 11) is 0. The number of rotatable bonds is 9. The first-order chi connectivity index (χ1) is 14.8. The lowest BCUT2D eigenvalue weighted by Crippen LogP contribution is -2.75. The summed E-state index contributed by atoms with van der Waals surface area (Å²) in [5, 5.41) is 3.87. The average Bonchev–Trinajstić information content (AvgIpc) is 3.50. The maximum Gasteiger partial charge on any atom is 0.270 e. The summed E-state index contributed by atoms with van der Waals surface area (Å²) in [5.74, 6) is 1.44. The number of hydrogen-bond acceptors (Lipinski definition) is 4. The van der Waals surface area contributed by atoms with Crippen molar-refractivity contribution in [3.8, 4) is 5.75 Å². The first kappa shape index (κ1) is 20.5. The highest BCUT2D eigenvalue weighted by molar-refractivity contribution is 6.31. The highest BCUT2D eigenvalue weighted by atomic mass is 35.5. The highest BCUT2D eigenvalue weighted by Gasteiger charge is 2.68. The Bertz CT molecular complexity index is 1030. The Balaban J connectivity index is 1.09. The number of hydrogen-bond donors (Lipinski definition) is 1. The van der Waals surface area contributed by atoms with Gasteiger partial charge in [0.15, 0.2) is 5.78 Å². The van der Waals surface area contributed by atoms with Gasteiger partial charge < -0.3 is 10.1 Å². The number of carbonyl (C=O) groups excluding carboxylic acids is 2. The van der Waals surface area contributed by atoms with Crippen LogP contribution >= 0.6 is 11.6 Å². The van der Waals surface area contributed by atoms with Crippen LogP contribution in [0.2, 0.25) is 5.02 Å². The fourth-order valence-electron chi connectivity index (χ4n) is 5.34. The molecule has 0 saturated heterocycles. The molecule has 1 N–H and O–H groups in total. The molecular formula is C25H27ClN2O3. The number of ether oxygens (including phenoxy) is 1. The summed E-state index contributed by atoms with van der Waals surface area (Å²) in [6.07, 6.45) is 8.44. The lowest BCUT2D eigenvalue weighted by Gasteiger charge is -2.70. The van der Waals surface area contributed by atoms with Crippen molar-refractivity contribution >= 4 is 23.3 Å². The van der Waals surface area contributed by atoms with Crippen molar-refractivity contribution in [2.45, 2.75) is 57.4 Å². The van der Waals surface area contributed by atoms with Crippen LogP contribution in [0.1, 0.15) is 60.1 Å². The molecule has 4 aliphatic carbocycles. The van der Waals surface area contributed by atoms with E-state index in [0.29, 0.717) is 22.9 Å². The van der Waals surface area contributed by atoms with Crippen molar-refractivity contribution in [1.29, 1.82) is 0 Å². The van der Waals surface area contributed by atoms with E-state index in [4.69, 9.17) is 16.3 Å². The van der Waals surface area contributed by atoms with Gasteiger partial charge in [-0.05, 0) is 98.2 Å². The van der Waals surface area contributed by atoms with E-state index >= 15 is 0 Å². The fraction of sp³-hybridized carbons (Fsp3) is 0.480. The van der Waals surface area contributed by atoms with E-state index < -0.39 is 0 Å². The van der Waals surface area contributed by atoms with Crippen LogP contribution in [-0.2, 0) is 11.2 Å².